The van der Waals surface area contributed by atoms with Gasteiger partial charge in [-0.3, -0.25) is 4.68 Å². The van der Waals surface area contributed by atoms with Crippen molar-refractivity contribution in [1.29, 1.82) is 0 Å². The maximum absolute atomic E-state index is 5.96. The van der Waals surface area contributed by atoms with Gasteiger partial charge in [0.05, 0.1) is 12.4 Å². The van der Waals surface area contributed by atoms with Crippen molar-refractivity contribution in [2.45, 2.75) is 33.9 Å². The van der Waals surface area contributed by atoms with Gasteiger partial charge < -0.3 is 10.1 Å². The molecule has 1 N–H and O–H groups in total. The van der Waals surface area contributed by atoms with Gasteiger partial charge in [0.2, 0.25) is 0 Å². The van der Waals surface area contributed by atoms with Crippen molar-refractivity contribution >= 4 is 15.9 Å². The molecule has 0 aliphatic rings. The number of hydrogen-bond acceptors (Lipinski definition) is 3. The van der Waals surface area contributed by atoms with Crippen molar-refractivity contribution in [1.82, 2.24) is 15.1 Å². The number of aromatic nitrogens is 2. The van der Waals surface area contributed by atoms with Gasteiger partial charge in [0.25, 0.3) is 0 Å². The smallest absolute Gasteiger partial charge is 0.165 e. The number of benzene rings is 1. The Morgan fingerprint density at radius 2 is 2.19 bits per heavy atom. The second-order valence-corrected chi connectivity index (χ2v) is 6.33. The normalized spacial score (nSPS) is 11.1. The Labute approximate surface area is 134 Å². The summed E-state index contributed by atoms with van der Waals surface area (Å²) in [7, 11) is 0. The van der Waals surface area contributed by atoms with Crippen LogP contribution in [-0.4, -0.2) is 16.3 Å². The Morgan fingerprint density at radius 1 is 1.38 bits per heavy atom. The summed E-state index contributed by atoms with van der Waals surface area (Å²) in [5, 5.41) is 7.68. The van der Waals surface area contributed by atoms with Crippen LogP contribution in [0.4, 0.5) is 0 Å². The van der Waals surface area contributed by atoms with E-state index in [4.69, 9.17) is 4.74 Å². The van der Waals surface area contributed by atoms with Gasteiger partial charge in [-0.15, -0.1) is 0 Å². The van der Waals surface area contributed by atoms with Gasteiger partial charge in [0, 0.05) is 23.1 Å². The third-order valence-corrected chi connectivity index (χ3v) is 3.55. The Bertz CT molecular complexity index is 581. The van der Waals surface area contributed by atoms with Crippen LogP contribution in [0, 0.1) is 5.92 Å². The van der Waals surface area contributed by atoms with Crippen LogP contribution >= 0.6 is 15.9 Å². The molecule has 0 spiro atoms. The molecule has 0 amide bonds. The predicted molar refractivity (Wildman–Crippen MR) is 88.7 cm³/mol. The molecule has 2 aromatic rings. The van der Waals surface area contributed by atoms with E-state index in [0.29, 0.717) is 5.92 Å². The van der Waals surface area contributed by atoms with Gasteiger partial charge in [-0.1, -0.05) is 29.8 Å². The molecule has 0 saturated carbocycles. The molecule has 0 atom stereocenters. The summed E-state index contributed by atoms with van der Waals surface area (Å²) in [6.07, 6.45) is 3.66. The molecule has 0 saturated heterocycles. The summed E-state index contributed by atoms with van der Waals surface area (Å²) >= 11 is 3.52. The van der Waals surface area contributed by atoms with Crippen molar-refractivity contribution < 1.29 is 4.74 Å². The van der Waals surface area contributed by atoms with Crippen molar-refractivity contribution in [3.05, 3.63) is 40.6 Å². The minimum atomic E-state index is 0.629. The highest BCUT2D eigenvalue weighted by Gasteiger charge is 2.08. The predicted octanol–water partition coefficient (Wildman–Crippen LogP) is 4.20. The Morgan fingerprint density at radius 3 is 2.86 bits per heavy atom. The number of rotatable bonds is 7. The molecule has 1 heterocycles. The maximum atomic E-state index is 5.96. The third-order valence-electron chi connectivity index (χ3n) is 3.05. The Kier molecular flexibility index (Phi) is 5.82. The van der Waals surface area contributed by atoms with E-state index in [2.05, 4.69) is 53.2 Å². The lowest BCUT2D eigenvalue weighted by Crippen LogP contribution is -2.19. The van der Waals surface area contributed by atoms with E-state index in [0.717, 1.165) is 41.2 Å². The molecule has 0 aliphatic heterocycles. The molecule has 0 fully saturated rings. The zero-order chi connectivity index (χ0) is 15.2. The van der Waals surface area contributed by atoms with Gasteiger partial charge in [-0.05, 0) is 37.6 Å². The minimum Gasteiger partial charge on any atom is -0.454 e. The average Bonchev–Trinajstić information content (AvgIpc) is 2.89. The maximum Gasteiger partial charge on any atom is 0.165 e. The fraction of sp³-hybridized carbons (Fsp3) is 0.438. The van der Waals surface area contributed by atoms with Crippen molar-refractivity contribution in [3.63, 3.8) is 0 Å². The number of nitrogens with one attached hydrogen (secondary N) is 1. The first kappa shape index (κ1) is 16.0. The summed E-state index contributed by atoms with van der Waals surface area (Å²) in [5.74, 6) is 2.26. The van der Waals surface area contributed by atoms with E-state index in [1.165, 1.54) is 0 Å². The van der Waals surface area contributed by atoms with Gasteiger partial charge >= 0.3 is 0 Å². The summed E-state index contributed by atoms with van der Waals surface area (Å²) in [6.45, 7) is 9.06. The van der Waals surface area contributed by atoms with E-state index in [9.17, 15) is 0 Å². The quantitative estimate of drug-likeness (QED) is 0.812. The van der Waals surface area contributed by atoms with Crippen LogP contribution in [0.2, 0.25) is 0 Å². The lowest BCUT2D eigenvalue weighted by Gasteiger charge is -2.12. The Balaban J connectivity index is 2.10. The lowest BCUT2D eigenvalue weighted by molar-refractivity contribution is 0.468. The molecular weight excluding hydrogens is 330 g/mol. The van der Waals surface area contributed by atoms with E-state index in [-0.39, 0.29) is 0 Å². The van der Waals surface area contributed by atoms with E-state index >= 15 is 0 Å². The second-order valence-electron chi connectivity index (χ2n) is 5.41. The highest BCUT2D eigenvalue weighted by molar-refractivity contribution is 9.10. The number of halogens is 1. The van der Waals surface area contributed by atoms with Gasteiger partial charge in [0.15, 0.2) is 5.75 Å². The topological polar surface area (TPSA) is 39.1 Å². The van der Waals surface area contributed by atoms with E-state index < -0.39 is 0 Å². The Hall–Kier alpha value is -1.33. The van der Waals surface area contributed by atoms with Gasteiger partial charge in [-0.25, -0.2) is 0 Å². The molecule has 1 aromatic carbocycles. The molecule has 4 nitrogen and oxygen atoms in total. The van der Waals surface area contributed by atoms with Crippen LogP contribution in [0.5, 0.6) is 11.5 Å². The summed E-state index contributed by atoms with van der Waals surface area (Å²) in [5.41, 5.74) is 1.13. The van der Waals surface area contributed by atoms with Gasteiger partial charge in [0.1, 0.15) is 5.75 Å². The third kappa shape index (κ3) is 4.86. The molecule has 5 heteroatoms. The fourth-order valence-corrected chi connectivity index (χ4v) is 2.39. The molecule has 2 rings (SSSR count). The summed E-state index contributed by atoms with van der Waals surface area (Å²) < 4.78 is 8.87. The zero-order valence-corrected chi connectivity index (χ0v) is 14.4. The fourth-order valence-electron chi connectivity index (χ4n) is 1.98. The summed E-state index contributed by atoms with van der Waals surface area (Å²) in [6, 6.07) is 6.07. The van der Waals surface area contributed by atoms with E-state index in [1.54, 1.807) is 6.20 Å². The number of aryl methyl sites for hydroxylation is 1. The molecule has 0 radical (unpaired) electrons. The molecule has 114 valence electrons. The zero-order valence-electron chi connectivity index (χ0n) is 12.8. The standard InChI is InChI=1S/C16H22BrN3O/c1-4-20-11-15(10-19-20)21-16-6-5-14(17)7-13(16)9-18-8-12(2)3/h5-7,10-12,18H,4,8-9H2,1-3H3. The van der Waals surface area contributed by atoms with Crippen molar-refractivity contribution in [3.8, 4) is 11.5 Å². The molecule has 0 bridgehead atoms. The van der Waals surface area contributed by atoms with Crippen LogP contribution in [0.1, 0.15) is 26.3 Å². The number of nitrogens with zero attached hydrogens (tertiary/aromatic N) is 2. The highest BCUT2D eigenvalue weighted by atomic mass is 79.9. The average molecular weight is 352 g/mol. The van der Waals surface area contributed by atoms with E-state index in [1.807, 2.05) is 23.0 Å². The number of ether oxygens (including phenoxy) is 1. The first-order valence-corrected chi connectivity index (χ1v) is 8.07. The lowest BCUT2D eigenvalue weighted by atomic mass is 10.2. The monoisotopic (exact) mass is 351 g/mol. The first-order chi connectivity index (χ1) is 10.1. The first-order valence-electron chi connectivity index (χ1n) is 7.28. The summed E-state index contributed by atoms with van der Waals surface area (Å²) in [4.78, 5) is 0. The second kappa shape index (κ2) is 7.61. The number of hydrogen-bond donors (Lipinski definition) is 1. The SMILES string of the molecule is CCn1cc(Oc2ccc(Br)cc2CNCC(C)C)cn1. The molecule has 0 aliphatic carbocycles. The van der Waals surface area contributed by atoms with Crippen LogP contribution in [0.3, 0.4) is 0 Å². The molecule has 0 unspecified atom stereocenters. The van der Waals surface area contributed by atoms with Crippen LogP contribution in [0.15, 0.2) is 35.1 Å². The van der Waals surface area contributed by atoms with Crippen LogP contribution < -0.4 is 10.1 Å². The molecular formula is C16H22BrN3O. The van der Waals surface area contributed by atoms with Crippen molar-refractivity contribution in [2.24, 2.45) is 5.92 Å². The highest BCUT2D eigenvalue weighted by Crippen LogP contribution is 2.27. The van der Waals surface area contributed by atoms with Crippen molar-refractivity contribution in [2.75, 3.05) is 6.54 Å². The largest absolute Gasteiger partial charge is 0.454 e. The van der Waals surface area contributed by atoms with Crippen LogP contribution in [0.25, 0.3) is 0 Å². The minimum absolute atomic E-state index is 0.629. The molecule has 1 aromatic heterocycles. The van der Waals surface area contributed by atoms with Gasteiger partial charge in [-0.2, -0.15) is 5.10 Å². The molecule has 21 heavy (non-hydrogen) atoms. The van der Waals surface area contributed by atoms with Crippen LogP contribution in [-0.2, 0) is 13.1 Å².